The first-order chi connectivity index (χ1) is 7.74. The molecule has 0 heterocycles. The summed E-state index contributed by atoms with van der Waals surface area (Å²) in [4.78, 5) is 0. The quantitative estimate of drug-likeness (QED) is 0.389. The average molecular weight is 335 g/mol. The first kappa shape index (κ1) is 18.1. The van der Waals surface area contributed by atoms with E-state index in [-0.39, 0.29) is 0 Å². The van der Waals surface area contributed by atoms with Crippen LogP contribution in [-0.2, 0) is 0 Å². The van der Waals surface area contributed by atoms with Gasteiger partial charge in [-0.1, -0.05) is 6.92 Å². The Hall–Kier alpha value is 2.10. The van der Waals surface area contributed by atoms with Crippen molar-refractivity contribution >= 4 is 73.2 Å². The predicted octanol–water partition coefficient (Wildman–Crippen LogP) is 3.73. The lowest BCUT2D eigenvalue weighted by atomic mass is 10.5. The molecular weight excluding hydrogens is 313 g/mol. The molecule has 0 aromatic rings. The Morgan fingerprint density at radius 1 is 0.938 bits per heavy atom. The summed E-state index contributed by atoms with van der Waals surface area (Å²) in [5.74, 6) is 7.68. The van der Waals surface area contributed by atoms with Crippen LogP contribution in [0.2, 0.25) is 0 Å². The van der Waals surface area contributed by atoms with E-state index in [2.05, 4.69) is 56.6 Å². The fourth-order valence-corrected chi connectivity index (χ4v) is 5.46. The van der Waals surface area contributed by atoms with Gasteiger partial charge in [0.1, 0.15) is 0 Å². The lowest BCUT2D eigenvalue weighted by molar-refractivity contribution is 1.09. The first-order valence-electron chi connectivity index (χ1n) is 5.38. The Kier molecular flexibility index (Phi) is 15.3. The van der Waals surface area contributed by atoms with E-state index < -0.39 is 0 Å². The molecule has 0 aromatic heterocycles. The van der Waals surface area contributed by atoms with Crippen molar-refractivity contribution < 1.29 is 0 Å². The molecule has 0 bridgehead atoms. The van der Waals surface area contributed by atoms with Crippen LogP contribution >= 0.6 is 73.2 Å². The SMILES string of the molecule is CC(CSC(CS)CSCCS)SCCS. The maximum Gasteiger partial charge on any atom is 0.0226 e. The van der Waals surface area contributed by atoms with Crippen LogP contribution in [0.3, 0.4) is 0 Å². The van der Waals surface area contributed by atoms with E-state index in [1.165, 1.54) is 11.5 Å². The average Bonchev–Trinajstić information content (AvgIpc) is 2.31. The smallest absolute Gasteiger partial charge is 0.0226 e. The molecule has 0 rings (SSSR count). The third kappa shape index (κ3) is 11.2. The Morgan fingerprint density at radius 2 is 1.62 bits per heavy atom. The fourth-order valence-electron chi connectivity index (χ4n) is 1.01. The normalized spacial score (nSPS) is 15.0. The van der Waals surface area contributed by atoms with Gasteiger partial charge in [0, 0.05) is 39.3 Å². The van der Waals surface area contributed by atoms with E-state index in [1.807, 2.05) is 23.5 Å². The second kappa shape index (κ2) is 13.5. The van der Waals surface area contributed by atoms with Crippen molar-refractivity contribution in [2.75, 3.05) is 40.3 Å². The highest BCUT2D eigenvalue weighted by Gasteiger charge is 2.10. The van der Waals surface area contributed by atoms with Gasteiger partial charge in [-0.05, 0) is 11.5 Å². The summed E-state index contributed by atoms with van der Waals surface area (Å²) >= 11 is 18.9. The molecule has 0 saturated heterocycles. The van der Waals surface area contributed by atoms with Crippen LogP contribution in [-0.4, -0.2) is 50.8 Å². The van der Waals surface area contributed by atoms with Crippen LogP contribution in [0.15, 0.2) is 0 Å². The molecule has 0 amide bonds. The molecule has 0 radical (unpaired) electrons. The Balaban J connectivity index is 3.52. The molecular formula is C10H22S6. The zero-order valence-electron chi connectivity index (χ0n) is 9.67. The minimum atomic E-state index is 0.687. The van der Waals surface area contributed by atoms with Gasteiger partial charge >= 0.3 is 0 Å². The summed E-state index contributed by atoms with van der Waals surface area (Å²) in [7, 11) is 0. The van der Waals surface area contributed by atoms with Gasteiger partial charge < -0.3 is 0 Å². The van der Waals surface area contributed by atoms with Crippen LogP contribution in [0.4, 0.5) is 0 Å². The molecule has 16 heavy (non-hydrogen) atoms. The minimum Gasteiger partial charge on any atom is -0.179 e. The highest BCUT2D eigenvalue weighted by molar-refractivity contribution is 8.05. The van der Waals surface area contributed by atoms with E-state index in [0.717, 1.165) is 34.0 Å². The van der Waals surface area contributed by atoms with Gasteiger partial charge in [-0.3, -0.25) is 0 Å². The van der Waals surface area contributed by atoms with Crippen LogP contribution in [0.25, 0.3) is 0 Å². The molecule has 0 fully saturated rings. The third-order valence-corrected chi connectivity index (χ3v) is 7.77. The molecule has 0 nitrogen and oxygen atoms in total. The molecule has 0 N–H and O–H groups in total. The zero-order chi connectivity index (χ0) is 12.2. The van der Waals surface area contributed by atoms with Crippen molar-refractivity contribution in [1.29, 1.82) is 0 Å². The molecule has 2 unspecified atom stereocenters. The summed E-state index contributed by atoms with van der Waals surface area (Å²) in [6, 6.07) is 0. The molecule has 98 valence electrons. The molecule has 6 heteroatoms. The van der Waals surface area contributed by atoms with Crippen molar-refractivity contribution in [2.45, 2.75) is 17.4 Å². The summed E-state index contributed by atoms with van der Waals surface area (Å²) < 4.78 is 0. The Morgan fingerprint density at radius 3 is 2.19 bits per heavy atom. The van der Waals surface area contributed by atoms with Crippen LogP contribution in [0.1, 0.15) is 6.92 Å². The van der Waals surface area contributed by atoms with Gasteiger partial charge in [0.25, 0.3) is 0 Å². The van der Waals surface area contributed by atoms with Gasteiger partial charge in [-0.25, -0.2) is 0 Å². The van der Waals surface area contributed by atoms with Crippen molar-refractivity contribution in [3.63, 3.8) is 0 Å². The predicted molar refractivity (Wildman–Crippen MR) is 97.1 cm³/mol. The number of rotatable bonds is 11. The fraction of sp³-hybridized carbons (Fsp3) is 1.00. The summed E-state index contributed by atoms with van der Waals surface area (Å²) in [5, 5.41) is 1.42. The van der Waals surface area contributed by atoms with E-state index in [9.17, 15) is 0 Å². The molecule has 0 spiro atoms. The van der Waals surface area contributed by atoms with E-state index in [1.54, 1.807) is 0 Å². The number of hydrogen-bond acceptors (Lipinski definition) is 6. The van der Waals surface area contributed by atoms with E-state index in [0.29, 0.717) is 5.25 Å². The standard InChI is InChI=1S/C10H22S6/c1-9(15-5-3-12)7-16-10(6-13)8-14-4-2-11/h9-13H,2-8H2,1H3. The van der Waals surface area contributed by atoms with Crippen molar-refractivity contribution in [3.8, 4) is 0 Å². The van der Waals surface area contributed by atoms with Gasteiger partial charge in [0.2, 0.25) is 0 Å². The number of thioether (sulfide) groups is 3. The highest BCUT2D eigenvalue weighted by atomic mass is 32.2. The summed E-state index contributed by atoms with van der Waals surface area (Å²) in [6.45, 7) is 2.30. The van der Waals surface area contributed by atoms with Crippen molar-refractivity contribution in [3.05, 3.63) is 0 Å². The van der Waals surface area contributed by atoms with Gasteiger partial charge in [0.05, 0.1) is 0 Å². The topological polar surface area (TPSA) is 0 Å². The van der Waals surface area contributed by atoms with Gasteiger partial charge in [-0.2, -0.15) is 73.2 Å². The van der Waals surface area contributed by atoms with Crippen molar-refractivity contribution in [1.82, 2.24) is 0 Å². The van der Waals surface area contributed by atoms with E-state index in [4.69, 9.17) is 0 Å². The third-order valence-electron chi connectivity index (χ3n) is 1.80. The Bertz CT molecular complexity index is 143. The van der Waals surface area contributed by atoms with E-state index >= 15 is 0 Å². The zero-order valence-corrected chi connectivity index (χ0v) is 14.8. The van der Waals surface area contributed by atoms with Gasteiger partial charge in [-0.15, -0.1) is 0 Å². The minimum absolute atomic E-state index is 0.687. The lowest BCUT2D eigenvalue weighted by Gasteiger charge is -2.16. The molecule has 0 aliphatic heterocycles. The maximum absolute atomic E-state index is 4.42. The maximum atomic E-state index is 4.42. The summed E-state index contributed by atoms with van der Waals surface area (Å²) in [6.07, 6.45) is 0. The monoisotopic (exact) mass is 334 g/mol. The molecule has 2 atom stereocenters. The van der Waals surface area contributed by atoms with Crippen LogP contribution < -0.4 is 0 Å². The second-order valence-electron chi connectivity index (χ2n) is 3.34. The molecule has 0 aliphatic carbocycles. The van der Waals surface area contributed by atoms with Crippen LogP contribution in [0, 0.1) is 0 Å². The largest absolute Gasteiger partial charge is 0.179 e. The van der Waals surface area contributed by atoms with Crippen LogP contribution in [0.5, 0.6) is 0 Å². The first-order valence-corrected chi connectivity index (χ1v) is 10.5. The molecule has 0 aromatic carbocycles. The molecule has 0 aliphatic rings. The van der Waals surface area contributed by atoms with Crippen molar-refractivity contribution in [2.24, 2.45) is 0 Å². The van der Waals surface area contributed by atoms with Gasteiger partial charge in [0.15, 0.2) is 0 Å². The second-order valence-corrected chi connectivity index (χ2v) is 8.63. The summed E-state index contributed by atoms with van der Waals surface area (Å²) in [5.41, 5.74) is 0. The lowest BCUT2D eigenvalue weighted by Crippen LogP contribution is -2.13. The number of thiol groups is 3. The Labute approximate surface area is 130 Å². The molecule has 0 saturated carbocycles. The number of hydrogen-bond donors (Lipinski definition) is 3. The highest BCUT2D eigenvalue weighted by Crippen LogP contribution is 2.23.